The molecule has 6 heteroatoms. The van der Waals surface area contributed by atoms with Crippen LogP contribution in [0, 0.1) is 0 Å². The second-order valence-electron chi connectivity index (χ2n) is 4.19. The number of fused-ring (bicyclic) bond motifs is 1. The molecule has 2 rings (SSSR count). The van der Waals surface area contributed by atoms with E-state index in [1.807, 2.05) is 18.4 Å². The summed E-state index contributed by atoms with van der Waals surface area (Å²) in [6, 6.07) is 2.16. The number of aromatic nitrogens is 2. The monoisotopic (exact) mass is 265 g/mol. The van der Waals surface area contributed by atoms with Crippen LogP contribution in [0.15, 0.2) is 17.8 Å². The van der Waals surface area contributed by atoms with Gasteiger partial charge < -0.3 is 10.4 Å². The number of hydrogen-bond acceptors (Lipinski definition) is 5. The minimum Gasteiger partial charge on any atom is -0.481 e. The van der Waals surface area contributed by atoms with Gasteiger partial charge in [-0.05, 0) is 31.2 Å². The fraction of sp³-hybridized carbons (Fsp3) is 0.417. The lowest BCUT2D eigenvalue weighted by Gasteiger charge is -2.14. The number of carboxylic acid groups (broad SMARTS) is 1. The zero-order valence-electron chi connectivity index (χ0n) is 10.1. The molecule has 2 aromatic heterocycles. The average Bonchev–Trinajstić information content (AvgIpc) is 2.77. The summed E-state index contributed by atoms with van der Waals surface area (Å²) in [5.41, 5.74) is 0.940. The molecule has 0 aliphatic carbocycles. The zero-order chi connectivity index (χ0) is 13.0. The molecule has 2 N–H and O–H groups in total. The van der Waals surface area contributed by atoms with Crippen LogP contribution in [0.3, 0.4) is 0 Å². The molecule has 1 unspecified atom stereocenters. The van der Waals surface area contributed by atoms with Crippen LogP contribution in [0.2, 0.25) is 0 Å². The Hall–Kier alpha value is -1.69. The Morgan fingerprint density at radius 1 is 1.56 bits per heavy atom. The lowest BCUT2D eigenvalue weighted by Crippen LogP contribution is -2.16. The van der Waals surface area contributed by atoms with Crippen molar-refractivity contribution in [1.82, 2.24) is 9.97 Å². The fourth-order valence-electron chi connectivity index (χ4n) is 1.76. The first-order chi connectivity index (χ1) is 8.66. The minimum atomic E-state index is -0.745. The number of hydrogen-bond donors (Lipinski definition) is 2. The third-order valence-corrected chi connectivity index (χ3v) is 3.56. The Morgan fingerprint density at radius 3 is 3.17 bits per heavy atom. The predicted octanol–water partition coefficient (Wildman–Crippen LogP) is 2.75. The summed E-state index contributed by atoms with van der Waals surface area (Å²) in [6.45, 7) is 2.03. The van der Waals surface area contributed by atoms with Crippen LogP contribution < -0.4 is 5.32 Å². The van der Waals surface area contributed by atoms with Gasteiger partial charge in [0, 0.05) is 12.5 Å². The smallest absolute Gasteiger partial charge is 0.303 e. The van der Waals surface area contributed by atoms with Crippen molar-refractivity contribution >= 4 is 33.3 Å². The summed E-state index contributed by atoms with van der Waals surface area (Å²) in [5.74, 6) is 0.0858. The van der Waals surface area contributed by atoms with E-state index in [1.165, 1.54) is 0 Å². The summed E-state index contributed by atoms with van der Waals surface area (Å²) in [6.07, 6.45) is 3.23. The largest absolute Gasteiger partial charge is 0.481 e. The lowest BCUT2D eigenvalue weighted by atomic mass is 10.1. The SMILES string of the molecule is CC(CCCC(=O)O)Nc1ncnc2ccsc12. The molecule has 1 atom stereocenters. The molecular formula is C12H15N3O2S. The van der Waals surface area contributed by atoms with Crippen LogP contribution in [-0.2, 0) is 4.79 Å². The van der Waals surface area contributed by atoms with Crippen LogP contribution in [-0.4, -0.2) is 27.1 Å². The molecule has 0 spiro atoms. The standard InChI is InChI=1S/C12H15N3O2S/c1-8(3-2-4-10(16)17)15-12-11-9(5-6-18-11)13-7-14-12/h5-8H,2-4H2,1H3,(H,16,17)(H,13,14,15). The highest BCUT2D eigenvalue weighted by Crippen LogP contribution is 2.25. The van der Waals surface area contributed by atoms with E-state index in [0.29, 0.717) is 6.42 Å². The van der Waals surface area contributed by atoms with Gasteiger partial charge in [-0.1, -0.05) is 0 Å². The minimum absolute atomic E-state index is 0.199. The second kappa shape index (κ2) is 5.77. The first-order valence-electron chi connectivity index (χ1n) is 5.83. The molecule has 0 aliphatic heterocycles. The molecule has 18 heavy (non-hydrogen) atoms. The average molecular weight is 265 g/mol. The molecule has 0 aliphatic rings. The highest BCUT2D eigenvalue weighted by Gasteiger charge is 2.08. The van der Waals surface area contributed by atoms with Crippen molar-refractivity contribution in [3.05, 3.63) is 17.8 Å². The van der Waals surface area contributed by atoms with Crippen molar-refractivity contribution in [2.45, 2.75) is 32.2 Å². The number of nitrogens with zero attached hydrogens (tertiary/aromatic N) is 2. The number of thiophene rings is 1. The van der Waals surface area contributed by atoms with Gasteiger partial charge in [0.25, 0.3) is 0 Å². The van der Waals surface area contributed by atoms with Gasteiger partial charge in [-0.15, -0.1) is 11.3 Å². The number of aliphatic carboxylic acids is 1. The maximum atomic E-state index is 10.4. The first-order valence-corrected chi connectivity index (χ1v) is 6.71. The maximum absolute atomic E-state index is 10.4. The molecule has 5 nitrogen and oxygen atoms in total. The zero-order valence-corrected chi connectivity index (χ0v) is 10.9. The molecule has 0 saturated carbocycles. The first kappa shape index (κ1) is 12.8. The number of rotatable bonds is 6. The Labute approximate surface area is 109 Å². The summed E-state index contributed by atoms with van der Waals surface area (Å²) in [7, 11) is 0. The third kappa shape index (κ3) is 3.16. The third-order valence-electron chi connectivity index (χ3n) is 2.65. The Bertz CT molecular complexity index is 541. The van der Waals surface area contributed by atoms with Gasteiger partial charge in [0.1, 0.15) is 12.1 Å². The molecule has 0 radical (unpaired) electrons. The maximum Gasteiger partial charge on any atom is 0.303 e. The molecule has 0 saturated heterocycles. The normalized spacial score (nSPS) is 12.5. The fourth-order valence-corrected chi connectivity index (χ4v) is 2.55. The van der Waals surface area contributed by atoms with Crippen molar-refractivity contribution in [3.8, 4) is 0 Å². The Kier molecular flexibility index (Phi) is 4.09. The molecule has 96 valence electrons. The number of anilines is 1. The quantitative estimate of drug-likeness (QED) is 0.840. The van der Waals surface area contributed by atoms with Crippen molar-refractivity contribution in [2.75, 3.05) is 5.32 Å². The predicted molar refractivity (Wildman–Crippen MR) is 72.0 cm³/mol. The summed E-state index contributed by atoms with van der Waals surface area (Å²) >= 11 is 1.60. The molecular weight excluding hydrogens is 250 g/mol. The number of nitrogens with one attached hydrogen (secondary N) is 1. The molecule has 0 amide bonds. The van der Waals surface area contributed by atoms with Gasteiger partial charge in [0.15, 0.2) is 0 Å². The van der Waals surface area contributed by atoms with Gasteiger partial charge >= 0.3 is 5.97 Å². The van der Waals surface area contributed by atoms with Crippen LogP contribution in [0.1, 0.15) is 26.2 Å². The van der Waals surface area contributed by atoms with Gasteiger partial charge in [-0.25, -0.2) is 9.97 Å². The lowest BCUT2D eigenvalue weighted by molar-refractivity contribution is -0.137. The van der Waals surface area contributed by atoms with E-state index in [4.69, 9.17) is 5.11 Å². The van der Waals surface area contributed by atoms with E-state index in [0.717, 1.165) is 22.5 Å². The molecule has 0 aromatic carbocycles. The highest BCUT2D eigenvalue weighted by atomic mass is 32.1. The van der Waals surface area contributed by atoms with Gasteiger partial charge in [-0.2, -0.15) is 0 Å². The van der Waals surface area contributed by atoms with Crippen LogP contribution in [0.25, 0.3) is 10.2 Å². The van der Waals surface area contributed by atoms with E-state index >= 15 is 0 Å². The van der Waals surface area contributed by atoms with Gasteiger partial charge in [0.05, 0.1) is 10.2 Å². The van der Waals surface area contributed by atoms with E-state index in [-0.39, 0.29) is 12.5 Å². The van der Waals surface area contributed by atoms with Crippen LogP contribution in [0.4, 0.5) is 5.82 Å². The molecule has 0 fully saturated rings. The van der Waals surface area contributed by atoms with Crippen molar-refractivity contribution < 1.29 is 9.90 Å². The number of carbonyl (C=O) groups is 1. The Morgan fingerprint density at radius 2 is 2.39 bits per heavy atom. The number of carboxylic acids is 1. The van der Waals surface area contributed by atoms with Gasteiger partial charge in [-0.3, -0.25) is 4.79 Å². The van der Waals surface area contributed by atoms with Gasteiger partial charge in [0.2, 0.25) is 0 Å². The molecule has 0 bridgehead atoms. The second-order valence-corrected chi connectivity index (χ2v) is 5.10. The van der Waals surface area contributed by atoms with Crippen LogP contribution in [0.5, 0.6) is 0 Å². The van der Waals surface area contributed by atoms with Crippen molar-refractivity contribution in [2.24, 2.45) is 0 Å². The van der Waals surface area contributed by atoms with Crippen LogP contribution >= 0.6 is 11.3 Å². The van der Waals surface area contributed by atoms with E-state index in [2.05, 4.69) is 15.3 Å². The topological polar surface area (TPSA) is 75.1 Å². The van der Waals surface area contributed by atoms with Crippen molar-refractivity contribution in [3.63, 3.8) is 0 Å². The summed E-state index contributed by atoms with van der Waals surface area (Å²) in [4.78, 5) is 18.9. The highest BCUT2D eigenvalue weighted by molar-refractivity contribution is 7.17. The summed E-state index contributed by atoms with van der Waals surface area (Å²) < 4.78 is 1.04. The van der Waals surface area contributed by atoms with E-state index in [9.17, 15) is 4.79 Å². The van der Waals surface area contributed by atoms with E-state index < -0.39 is 5.97 Å². The molecule has 2 heterocycles. The summed E-state index contributed by atoms with van der Waals surface area (Å²) in [5, 5.41) is 13.9. The van der Waals surface area contributed by atoms with Crippen molar-refractivity contribution in [1.29, 1.82) is 0 Å². The van der Waals surface area contributed by atoms with E-state index in [1.54, 1.807) is 17.7 Å². The molecule has 2 aromatic rings. The Balaban J connectivity index is 1.96.